The van der Waals surface area contributed by atoms with Gasteiger partial charge in [0.05, 0.1) is 25.6 Å². The Balaban J connectivity index is 3.08. The van der Waals surface area contributed by atoms with Gasteiger partial charge in [-0.15, -0.1) is 0 Å². The van der Waals surface area contributed by atoms with Gasteiger partial charge in [0, 0.05) is 13.1 Å². The normalized spacial score (nSPS) is 9.95. The molecule has 1 heterocycles. The highest BCUT2D eigenvalue weighted by atomic mass is 16.6. The minimum Gasteiger partial charge on any atom is -0.476 e. The Morgan fingerprint density at radius 1 is 1.45 bits per heavy atom. The second-order valence-electron chi connectivity index (χ2n) is 3.72. The van der Waals surface area contributed by atoms with E-state index in [0.29, 0.717) is 6.54 Å². The van der Waals surface area contributed by atoms with Crippen LogP contribution in [0.3, 0.4) is 0 Å². The van der Waals surface area contributed by atoms with Crippen molar-refractivity contribution >= 4 is 17.5 Å². The standard InChI is InChI=1S/C11H16N4O5/c1-4-14(6-5-8(16)19-2)10-9(15(17)18)11(20-3)13-7-12-10/h7H,4-6H2,1-3H3. The smallest absolute Gasteiger partial charge is 0.372 e. The number of nitrogens with zero attached hydrogens (tertiary/aromatic N) is 4. The summed E-state index contributed by atoms with van der Waals surface area (Å²) in [5.41, 5.74) is -0.318. The van der Waals surface area contributed by atoms with Crippen LogP contribution >= 0.6 is 0 Å². The van der Waals surface area contributed by atoms with Crippen molar-refractivity contribution in [1.82, 2.24) is 9.97 Å². The van der Waals surface area contributed by atoms with E-state index in [-0.39, 0.29) is 30.4 Å². The lowest BCUT2D eigenvalue weighted by Crippen LogP contribution is -2.28. The fourth-order valence-electron chi connectivity index (χ4n) is 1.64. The van der Waals surface area contributed by atoms with E-state index in [2.05, 4.69) is 14.7 Å². The van der Waals surface area contributed by atoms with Crippen molar-refractivity contribution in [2.75, 3.05) is 32.2 Å². The molecule has 0 atom stereocenters. The number of esters is 1. The molecule has 0 radical (unpaired) electrons. The van der Waals surface area contributed by atoms with Gasteiger partial charge in [-0.1, -0.05) is 0 Å². The highest BCUT2D eigenvalue weighted by molar-refractivity contribution is 5.70. The van der Waals surface area contributed by atoms with E-state index < -0.39 is 10.9 Å². The first-order chi connectivity index (χ1) is 9.54. The van der Waals surface area contributed by atoms with Crippen LogP contribution in [0.15, 0.2) is 6.33 Å². The van der Waals surface area contributed by atoms with Crippen LogP contribution in [0, 0.1) is 10.1 Å². The van der Waals surface area contributed by atoms with Crippen LogP contribution in [0.25, 0.3) is 0 Å². The molecular weight excluding hydrogens is 268 g/mol. The van der Waals surface area contributed by atoms with Gasteiger partial charge in [-0.2, -0.15) is 4.98 Å². The molecule has 9 heteroatoms. The number of aromatic nitrogens is 2. The lowest BCUT2D eigenvalue weighted by Gasteiger charge is -2.21. The molecule has 0 aliphatic carbocycles. The highest BCUT2D eigenvalue weighted by Gasteiger charge is 2.27. The predicted molar refractivity (Wildman–Crippen MR) is 69.8 cm³/mol. The largest absolute Gasteiger partial charge is 0.476 e. The van der Waals surface area contributed by atoms with Crippen molar-refractivity contribution in [3.63, 3.8) is 0 Å². The molecular formula is C11H16N4O5. The molecule has 1 rings (SSSR count). The van der Waals surface area contributed by atoms with Gasteiger partial charge >= 0.3 is 11.7 Å². The molecule has 0 aliphatic rings. The number of carbonyl (C=O) groups is 1. The minimum atomic E-state index is -0.602. The van der Waals surface area contributed by atoms with Crippen LogP contribution in [-0.4, -0.2) is 48.2 Å². The maximum Gasteiger partial charge on any atom is 0.372 e. The first kappa shape index (κ1) is 15.6. The zero-order valence-electron chi connectivity index (χ0n) is 11.5. The quantitative estimate of drug-likeness (QED) is 0.410. The Kier molecular flexibility index (Phi) is 5.63. The van der Waals surface area contributed by atoms with Crippen LogP contribution < -0.4 is 9.64 Å². The Bertz CT molecular complexity index is 494. The van der Waals surface area contributed by atoms with Crippen LogP contribution in [0.4, 0.5) is 11.5 Å². The Hall–Kier alpha value is -2.45. The molecule has 0 aliphatic heterocycles. The molecule has 0 unspecified atom stereocenters. The topological polar surface area (TPSA) is 108 Å². The number of nitro groups is 1. The molecule has 0 bridgehead atoms. The molecule has 110 valence electrons. The fourth-order valence-corrected chi connectivity index (χ4v) is 1.64. The number of methoxy groups -OCH3 is 2. The molecule has 0 N–H and O–H groups in total. The predicted octanol–water partition coefficient (Wildman–Crippen LogP) is 0.783. The van der Waals surface area contributed by atoms with Crippen molar-refractivity contribution in [2.45, 2.75) is 13.3 Å². The van der Waals surface area contributed by atoms with Gasteiger partial charge < -0.3 is 14.4 Å². The first-order valence-corrected chi connectivity index (χ1v) is 5.90. The first-order valence-electron chi connectivity index (χ1n) is 5.90. The van der Waals surface area contributed by atoms with E-state index in [4.69, 9.17) is 4.74 Å². The molecule has 20 heavy (non-hydrogen) atoms. The van der Waals surface area contributed by atoms with Crippen LogP contribution in [0.2, 0.25) is 0 Å². The van der Waals surface area contributed by atoms with E-state index in [1.165, 1.54) is 20.5 Å². The van der Waals surface area contributed by atoms with Crippen LogP contribution in [-0.2, 0) is 9.53 Å². The number of hydrogen-bond donors (Lipinski definition) is 0. The third kappa shape index (κ3) is 3.53. The van der Waals surface area contributed by atoms with Gasteiger partial charge in [-0.05, 0) is 6.92 Å². The van der Waals surface area contributed by atoms with Crippen molar-refractivity contribution in [3.8, 4) is 5.88 Å². The van der Waals surface area contributed by atoms with Crippen LogP contribution in [0.5, 0.6) is 5.88 Å². The molecule has 0 spiro atoms. The van der Waals surface area contributed by atoms with Crippen molar-refractivity contribution in [1.29, 1.82) is 0 Å². The Labute approximate surface area is 115 Å². The van der Waals surface area contributed by atoms with E-state index in [1.54, 1.807) is 11.8 Å². The molecule has 0 saturated carbocycles. The maximum absolute atomic E-state index is 11.2. The molecule has 0 aromatic carbocycles. The third-order valence-corrected chi connectivity index (χ3v) is 2.64. The Morgan fingerprint density at radius 3 is 2.65 bits per heavy atom. The highest BCUT2D eigenvalue weighted by Crippen LogP contribution is 2.32. The molecule has 0 saturated heterocycles. The second kappa shape index (κ2) is 7.22. The molecule has 1 aromatic rings. The van der Waals surface area contributed by atoms with Crippen molar-refractivity contribution in [3.05, 3.63) is 16.4 Å². The minimum absolute atomic E-state index is 0.105. The summed E-state index contributed by atoms with van der Waals surface area (Å²) in [7, 11) is 2.58. The number of anilines is 1. The van der Waals surface area contributed by atoms with Gasteiger partial charge in [-0.3, -0.25) is 14.9 Å². The summed E-state index contributed by atoms with van der Waals surface area (Å²) in [6, 6.07) is 0. The number of hydrogen-bond acceptors (Lipinski definition) is 8. The third-order valence-electron chi connectivity index (χ3n) is 2.64. The summed E-state index contributed by atoms with van der Waals surface area (Å²) < 4.78 is 9.42. The molecule has 1 aromatic heterocycles. The lowest BCUT2D eigenvalue weighted by atomic mass is 10.3. The molecule has 0 fully saturated rings. The average molecular weight is 284 g/mol. The monoisotopic (exact) mass is 284 g/mol. The van der Waals surface area contributed by atoms with Crippen LogP contribution in [0.1, 0.15) is 13.3 Å². The van der Waals surface area contributed by atoms with Gasteiger partial charge in [0.15, 0.2) is 0 Å². The van der Waals surface area contributed by atoms with Gasteiger partial charge in [0.2, 0.25) is 5.82 Å². The summed E-state index contributed by atoms with van der Waals surface area (Å²) in [6.45, 7) is 2.50. The van der Waals surface area contributed by atoms with Gasteiger partial charge in [0.1, 0.15) is 6.33 Å². The molecule has 9 nitrogen and oxygen atoms in total. The van der Waals surface area contributed by atoms with E-state index >= 15 is 0 Å². The summed E-state index contributed by atoms with van der Waals surface area (Å²) in [5.74, 6) is -0.392. The summed E-state index contributed by atoms with van der Waals surface area (Å²) in [6.07, 6.45) is 1.29. The zero-order chi connectivity index (χ0) is 15.1. The molecule has 0 amide bonds. The Morgan fingerprint density at radius 2 is 2.15 bits per heavy atom. The van der Waals surface area contributed by atoms with E-state index in [0.717, 1.165) is 0 Å². The SMILES string of the molecule is CCN(CCC(=O)OC)c1ncnc(OC)c1[N+](=O)[O-]. The van der Waals surface area contributed by atoms with Gasteiger partial charge in [0.25, 0.3) is 5.88 Å². The van der Waals surface area contributed by atoms with E-state index in [1.807, 2.05) is 0 Å². The average Bonchev–Trinajstić information content (AvgIpc) is 2.46. The summed E-state index contributed by atoms with van der Waals surface area (Å²) in [4.78, 5) is 30.9. The maximum atomic E-state index is 11.2. The van der Waals surface area contributed by atoms with Gasteiger partial charge in [-0.25, -0.2) is 4.98 Å². The summed E-state index contributed by atoms with van der Waals surface area (Å²) in [5, 5.41) is 11.1. The summed E-state index contributed by atoms with van der Waals surface area (Å²) >= 11 is 0. The lowest BCUT2D eigenvalue weighted by molar-refractivity contribution is -0.385. The number of ether oxygens (including phenoxy) is 2. The zero-order valence-corrected chi connectivity index (χ0v) is 11.5. The van der Waals surface area contributed by atoms with E-state index in [9.17, 15) is 14.9 Å². The number of carbonyl (C=O) groups excluding carboxylic acids is 1. The fraction of sp³-hybridized carbons (Fsp3) is 0.545. The second-order valence-corrected chi connectivity index (χ2v) is 3.72. The number of rotatable bonds is 7. The van der Waals surface area contributed by atoms with Crippen molar-refractivity contribution in [2.24, 2.45) is 0 Å². The van der Waals surface area contributed by atoms with Crippen molar-refractivity contribution < 1.29 is 19.2 Å².